The maximum atomic E-state index is 12.0. The lowest BCUT2D eigenvalue weighted by atomic mass is 10.1. The van der Waals surface area contributed by atoms with Gasteiger partial charge in [-0.25, -0.2) is 14.8 Å². The highest BCUT2D eigenvalue weighted by Gasteiger charge is 2.16. The second-order valence-electron chi connectivity index (χ2n) is 3.98. The molecule has 1 aromatic heterocycles. The van der Waals surface area contributed by atoms with Gasteiger partial charge in [0.1, 0.15) is 10.8 Å². The molecule has 1 heterocycles. The van der Waals surface area contributed by atoms with Crippen molar-refractivity contribution in [3.63, 3.8) is 0 Å². The minimum Gasteiger partial charge on any atom is -0.478 e. The Hall–Kier alpha value is -2.47. The fraction of sp³-hybridized carbons (Fsp3) is 0.0769. The molecule has 0 unspecified atom stereocenters. The van der Waals surface area contributed by atoms with Gasteiger partial charge in [-0.15, -0.1) is 0 Å². The molecule has 0 spiro atoms. The van der Waals surface area contributed by atoms with Crippen LogP contribution in [0, 0.1) is 6.92 Å². The topological polar surface area (TPSA) is 92.2 Å². The number of halogens is 1. The van der Waals surface area contributed by atoms with Crippen LogP contribution in [0.2, 0.25) is 5.15 Å². The first-order chi connectivity index (χ1) is 9.49. The summed E-state index contributed by atoms with van der Waals surface area (Å²) in [6, 6.07) is 4.73. The molecule has 2 rings (SSSR count). The number of nitrogens with one attached hydrogen (secondary N) is 1. The average Bonchev–Trinajstić information content (AvgIpc) is 2.41. The summed E-state index contributed by atoms with van der Waals surface area (Å²) in [6.45, 7) is 1.70. The lowest BCUT2D eigenvalue weighted by Crippen LogP contribution is -2.17. The first-order valence-electron chi connectivity index (χ1n) is 5.61. The number of para-hydroxylation sites is 1. The lowest BCUT2D eigenvalue weighted by Gasteiger charge is -2.10. The lowest BCUT2D eigenvalue weighted by molar-refractivity contribution is 0.0698. The molecule has 20 heavy (non-hydrogen) atoms. The fourth-order valence-electron chi connectivity index (χ4n) is 1.62. The third kappa shape index (κ3) is 2.92. The number of amides is 1. The van der Waals surface area contributed by atoms with E-state index in [0.717, 1.165) is 0 Å². The Morgan fingerprint density at radius 3 is 2.60 bits per heavy atom. The number of aromatic nitrogens is 2. The third-order valence-corrected chi connectivity index (χ3v) is 2.79. The number of rotatable bonds is 3. The van der Waals surface area contributed by atoms with Gasteiger partial charge in [-0.3, -0.25) is 4.79 Å². The number of carbonyl (C=O) groups excluding carboxylic acids is 1. The molecule has 7 heteroatoms. The molecule has 0 saturated heterocycles. The van der Waals surface area contributed by atoms with Crippen molar-refractivity contribution in [2.75, 3.05) is 5.32 Å². The van der Waals surface area contributed by atoms with Crippen LogP contribution < -0.4 is 5.32 Å². The molecule has 0 radical (unpaired) electrons. The second-order valence-corrected chi connectivity index (χ2v) is 4.37. The third-order valence-electron chi connectivity index (χ3n) is 2.59. The van der Waals surface area contributed by atoms with Crippen LogP contribution in [0.4, 0.5) is 5.69 Å². The zero-order valence-corrected chi connectivity index (χ0v) is 11.2. The smallest absolute Gasteiger partial charge is 0.337 e. The standard InChI is InChI=1S/C13H10ClN3O3/c1-7-3-2-4-8(13(19)20)11(7)17-12(18)9-5-16-10(14)6-15-9/h2-6H,1H3,(H,17,18)(H,19,20). The highest BCUT2D eigenvalue weighted by Crippen LogP contribution is 2.21. The molecule has 1 amide bonds. The summed E-state index contributed by atoms with van der Waals surface area (Å²) in [7, 11) is 0. The van der Waals surface area contributed by atoms with Crippen LogP contribution >= 0.6 is 11.6 Å². The largest absolute Gasteiger partial charge is 0.478 e. The van der Waals surface area contributed by atoms with E-state index in [-0.39, 0.29) is 22.1 Å². The van der Waals surface area contributed by atoms with Gasteiger partial charge in [-0.2, -0.15) is 0 Å². The van der Waals surface area contributed by atoms with E-state index in [1.807, 2.05) is 0 Å². The van der Waals surface area contributed by atoms with E-state index < -0.39 is 11.9 Å². The maximum Gasteiger partial charge on any atom is 0.337 e. The molecule has 0 fully saturated rings. The number of aryl methyl sites for hydroxylation is 1. The van der Waals surface area contributed by atoms with Crippen LogP contribution in [-0.2, 0) is 0 Å². The molecule has 0 saturated carbocycles. The first-order valence-corrected chi connectivity index (χ1v) is 5.98. The number of hydrogen-bond donors (Lipinski definition) is 2. The molecular formula is C13H10ClN3O3. The first kappa shape index (κ1) is 14.0. The number of anilines is 1. The minimum atomic E-state index is -1.12. The summed E-state index contributed by atoms with van der Waals surface area (Å²) in [5.74, 6) is -1.67. The van der Waals surface area contributed by atoms with Crippen molar-refractivity contribution in [2.24, 2.45) is 0 Å². The molecule has 2 aromatic rings. The summed E-state index contributed by atoms with van der Waals surface area (Å²) < 4.78 is 0. The number of hydrogen-bond acceptors (Lipinski definition) is 4. The molecule has 1 aromatic carbocycles. The van der Waals surface area contributed by atoms with Gasteiger partial charge < -0.3 is 10.4 Å². The van der Waals surface area contributed by atoms with Gasteiger partial charge in [0, 0.05) is 0 Å². The minimum absolute atomic E-state index is 0.0141. The van der Waals surface area contributed by atoms with Crippen LogP contribution in [-0.4, -0.2) is 27.0 Å². The zero-order valence-electron chi connectivity index (χ0n) is 10.4. The number of nitrogens with zero attached hydrogens (tertiary/aromatic N) is 2. The van der Waals surface area contributed by atoms with Crippen molar-refractivity contribution in [1.29, 1.82) is 0 Å². The molecule has 6 nitrogen and oxygen atoms in total. The van der Waals surface area contributed by atoms with Gasteiger partial charge in [0.05, 0.1) is 23.6 Å². The Labute approximate surface area is 119 Å². The van der Waals surface area contributed by atoms with Crippen molar-refractivity contribution < 1.29 is 14.7 Å². The summed E-state index contributed by atoms with van der Waals surface area (Å²) in [5, 5.41) is 11.8. The zero-order chi connectivity index (χ0) is 14.7. The van der Waals surface area contributed by atoms with Crippen LogP contribution in [0.15, 0.2) is 30.6 Å². The van der Waals surface area contributed by atoms with E-state index in [2.05, 4.69) is 15.3 Å². The molecule has 2 N–H and O–H groups in total. The van der Waals surface area contributed by atoms with Gasteiger partial charge in [0.15, 0.2) is 0 Å². The summed E-state index contributed by atoms with van der Waals surface area (Å²) in [6.07, 6.45) is 2.46. The Bertz CT molecular complexity index is 671. The van der Waals surface area contributed by atoms with Crippen LogP contribution in [0.1, 0.15) is 26.4 Å². The molecule has 0 aliphatic heterocycles. The molecule has 102 valence electrons. The van der Waals surface area contributed by atoms with Crippen LogP contribution in [0.3, 0.4) is 0 Å². The molecule has 0 atom stereocenters. The number of benzene rings is 1. The summed E-state index contributed by atoms with van der Waals surface area (Å²) in [4.78, 5) is 30.7. The van der Waals surface area contributed by atoms with E-state index in [0.29, 0.717) is 5.56 Å². The Morgan fingerprint density at radius 1 is 1.25 bits per heavy atom. The SMILES string of the molecule is Cc1cccc(C(=O)O)c1NC(=O)c1cnc(Cl)cn1. The van der Waals surface area contributed by atoms with E-state index in [4.69, 9.17) is 16.7 Å². The number of aromatic carboxylic acids is 1. The monoisotopic (exact) mass is 291 g/mol. The Balaban J connectivity index is 2.32. The quantitative estimate of drug-likeness (QED) is 0.906. The highest BCUT2D eigenvalue weighted by atomic mass is 35.5. The van der Waals surface area contributed by atoms with Gasteiger partial charge in [0.25, 0.3) is 5.91 Å². The molecular weight excluding hydrogens is 282 g/mol. The van der Waals surface area contributed by atoms with E-state index in [1.165, 1.54) is 18.5 Å². The molecule has 0 bridgehead atoms. The molecule has 0 aliphatic rings. The second kappa shape index (κ2) is 5.66. The number of carbonyl (C=O) groups is 2. The van der Waals surface area contributed by atoms with Crippen molar-refractivity contribution >= 4 is 29.2 Å². The Kier molecular flexibility index (Phi) is 3.95. The summed E-state index contributed by atoms with van der Waals surface area (Å²) >= 11 is 5.59. The van der Waals surface area contributed by atoms with Crippen LogP contribution in [0.25, 0.3) is 0 Å². The van der Waals surface area contributed by atoms with Crippen molar-refractivity contribution in [1.82, 2.24) is 9.97 Å². The van der Waals surface area contributed by atoms with Gasteiger partial charge in [-0.05, 0) is 18.6 Å². The predicted octanol–water partition coefficient (Wildman–Crippen LogP) is 2.39. The maximum absolute atomic E-state index is 12.0. The fourth-order valence-corrected chi connectivity index (χ4v) is 1.72. The van der Waals surface area contributed by atoms with Crippen molar-refractivity contribution in [2.45, 2.75) is 6.92 Å². The van der Waals surface area contributed by atoms with E-state index in [9.17, 15) is 9.59 Å². The van der Waals surface area contributed by atoms with Gasteiger partial charge >= 0.3 is 5.97 Å². The normalized spacial score (nSPS) is 10.1. The van der Waals surface area contributed by atoms with Crippen molar-refractivity contribution in [3.8, 4) is 0 Å². The molecule has 0 aliphatic carbocycles. The number of carboxylic acid groups (broad SMARTS) is 1. The van der Waals surface area contributed by atoms with E-state index in [1.54, 1.807) is 19.1 Å². The summed E-state index contributed by atoms with van der Waals surface area (Å²) in [5.41, 5.74) is 0.941. The highest BCUT2D eigenvalue weighted by molar-refractivity contribution is 6.29. The van der Waals surface area contributed by atoms with E-state index >= 15 is 0 Å². The Morgan fingerprint density at radius 2 is 2.00 bits per heavy atom. The average molecular weight is 292 g/mol. The van der Waals surface area contributed by atoms with Gasteiger partial charge in [0.2, 0.25) is 0 Å². The van der Waals surface area contributed by atoms with Gasteiger partial charge in [-0.1, -0.05) is 23.7 Å². The predicted molar refractivity (Wildman–Crippen MR) is 73.1 cm³/mol. The van der Waals surface area contributed by atoms with Crippen LogP contribution in [0.5, 0.6) is 0 Å². The number of carboxylic acids is 1. The van der Waals surface area contributed by atoms with Crippen molar-refractivity contribution in [3.05, 3.63) is 52.6 Å².